The number of fused-ring (bicyclic) bond motifs is 2. The van der Waals surface area contributed by atoms with Gasteiger partial charge in [-0.15, -0.1) is 0 Å². The number of aryl methyl sites for hydroxylation is 2. The molecule has 2 aromatic heterocycles. The summed E-state index contributed by atoms with van der Waals surface area (Å²) in [6.45, 7) is 2.87. The maximum absolute atomic E-state index is 12.8. The molecule has 5 aliphatic rings. The number of nitrogens with zero attached hydrogens (tertiary/aromatic N) is 7. The van der Waals surface area contributed by atoms with Gasteiger partial charge >= 0.3 is 0 Å². The van der Waals surface area contributed by atoms with Crippen LogP contribution in [0.2, 0.25) is 5.28 Å². The van der Waals surface area contributed by atoms with Crippen LogP contribution in [0.1, 0.15) is 55.5 Å². The first-order valence-corrected chi connectivity index (χ1v) is 24.1. The van der Waals surface area contributed by atoms with Crippen molar-refractivity contribution in [3.63, 3.8) is 0 Å². The monoisotopic (exact) mass is 860 g/mol. The van der Waals surface area contributed by atoms with Gasteiger partial charge in [-0.25, -0.2) is 23.1 Å². The zero-order valence-electron chi connectivity index (χ0n) is 32.3. The third-order valence-corrected chi connectivity index (χ3v) is 15.1. The Hall–Kier alpha value is -3.78. The highest BCUT2D eigenvalue weighted by Gasteiger charge is 2.39. The second kappa shape index (κ2) is 17.2. The first-order chi connectivity index (χ1) is 27.2. The lowest BCUT2D eigenvalue weighted by Gasteiger charge is -2.42. The van der Waals surface area contributed by atoms with Gasteiger partial charge in [0.05, 0.1) is 39.2 Å². The highest BCUT2D eigenvalue weighted by atomic mass is 35.5. The smallest absolute Gasteiger partial charge is 0.227 e. The summed E-state index contributed by atoms with van der Waals surface area (Å²) in [7, 11) is -1.95. The highest BCUT2D eigenvalue weighted by molar-refractivity contribution is 7.88. The van der Waals surface area contributed by atoms with Gasteiger partial charge in [-0.2, -0.15) is 9.97 Å². The average molecular weight is 862 g/mol. The van der Waals surface area contributed by atoms with Crippen LogP contribution < -0.4 is 20.3 Å². The fraction of sp³-hybridized carbons (Fsp3) is 0.568. The predicted molar refractivity (Wildman–Crippen MR) is 220 cm³/mol. The maximum Gasteiger partial charge on any atom is 0.227 e. The highest BCUT2D eigenvalue weighted by Crippen LogP contribution is 2.38. The van der Waals surface area contributed by atoms with E-state index in [0.717, 1.165) is 36.2 Å². The molecule has 3 fully saturated rings. The van der Waals surface area contributed by atoms with E-state index in [1.54, 1.807) is 23.9 Å². The van der Waals surface area contributed by atoms with Crippen LogP contribution in [-0.2, 0) is 59.5 Å². The summed E-state index contributed by atoms with van der Waals surface area (Å²) in [5.74, 6) is 3.18. The molecule has 0 aliphatic carbocycles. The summed E-state index contributed by atoms with van der Waals surface area (Å²) in [6.07, 6.45) is 6.43. The zero-order chi connectivity index (χ0) is 40.5. The van der Waals surface area contributed by atoms with Crippen LogP contribution in [-0.4, -0.2) is 135 Å². The van der Waals surface area contributed by atoms with Crippen LogP contribution in [0, 0.1) is 0 Å². The van der Waals surface area contributed by atoms with Crippen molar-refractivity contribution >= 4 is 72.6 Å². The molecule has 3 saturated heterocycles. The molecule has 0 radical (unpaired) electrons. The molecule has 7 heterocycles. The molecule has 8 rings (SSSR count). The van der Waals surface area contributed by atoms with E-state index >= 15 is 0 Å². The fourth-order valence-corrected chi connectivity index (χ4v) is 11.5. The summed E-state index contributed by atoms with van der Waals surface area (Å²) >= 11 is 5.92. The number of sulfonamides is 1. The van der Waals surface area contributed by atoms with E-state index < -0.39 is 31.6 Å². The summed E-state index contributed by atoms with van der Waals surface area (Å²) in [5, 5.41) is 6.93. The number of carbonyl (C=O) groups is 2. The van der Waals surface area contributed by atoms with Crippen LogP contribution in [0.4, 0.5) is 17.6 Å². The maximum atomic E-state index is 12.8. The second-order valence-electron chi connectivity index (χ2n) is 15.4. The molecule has 2 amide bonds. The second-order valence-corrected chi connectivity index (χ2v) is 20.6. The van der Waals surface area contributed by atoms with E-state index in [4.69, 9.17) is 21.6 Å². The topological polar surface area (TPSA) is 200 Å². The zero-order valence-corrected chi connectivity index (χ0v) is 35.5. The lowest BCUT2D eigenvalue weighted by Crippen LogP contribution is -2.49. The lowest BCUT2D eigenvalue weighted by atomic mass is 9.73. The number of halogens is 1. The van der Waals surface area contributed by atoms with Crippen molar-refractivity contribution in [2.45, 2.75) is 78.7 Å². The Kier molecular flexibility index (Phi) is 12.5. The quantitative estimate of drug-likeness (QED) is 0.265. The third-order valence-electron chi connectivity index (χ3n) is 11.3. The van der Waals surface area contributed by atoms with E-state index in [9.17, 15) is 26.4 Å². The number of hydrogen-bond acceptors (Lipinski definition) is 13. The Morgan fingerprint density at radius 3 is 1.84 bits per heavy atom. The van der Waals surface area contributed by atoms with E-state index in [1.807, 2.05) is 18.2 Å². The van der Waals surface area contributed by atoms with Gasteiger partial charge < -0.3 is 25.3 Å². The molecule has 3 N–H and O–H groups in total. The standard InChI is InChI=1S/C25H34N6O4S2.C12H15ClN4O2S/c1-30-16-19(8-9-21(30)32)27-23-22-20(10-15-36(22)33)28-24(29-23)31-13-11-25(12-14-31,17-26-37(2,34)35)18-6-4-3-5-7-18;1-17-6-7(2-3-9(17)18)14-11-10-8(4-5-20(10)19)15-12(13)16-11/h3-7,19,26H,8-17H2,1-2H3,(H,27,28,29);7H,2-6H2,1H3,(H,14,15,16)/t19-,36?;7-,20?/m00/s1. The molecule has 0 bridgehead atoms. The number of hydrogen-bond donors (Lipinski definition) is 3. The van der Waals surface area contributed by atoms with Crippen molar-refractivity contribution in [3.05, 3.63) is 52.6 Å². The molecular formula is C37H49ClN10O6S3. The van der Waals surface area contributed by atoms with Crippen LogP contribution in [0.5, 0.6) is 0 Å². The normalized spacial score (nSPS) is 24.4. The van der Waals surface area contributed by atoms with Crippen molar-refractivity contribution in [2.75, 3.05) is 80.1 Å². The van der Waals surface area contributed by atoms with Crippen LogP contribution in [0.15, 0.2) is 40.1 Å². The SMILES string of the molecule is CN1C[C@@H](Nc2nc(Cl)nc3c2S(=O)CC3)CCC1=O.CN1C[C@@H](Nc2nc(N3CCC(CNS(C)(=O)=O)(c4ccccc4)CC3)nc3c2S(=O)CC3)CCC1=O. The Bertz CT molecular complexity index is 2170. The summed E-state index contributed by atoms with van der Waals surface area (Å²) < 4.78 is 51.4. The molecule has 0 saturated carbocycles. The molecule has 308 valence electrons. The van der Waals surface area contributed by atoms with Gasteiger partial charge in [-0.1, -0.05) is 30.3 Å². The van der Waals surface area contributed by atoms with Crippen molar-refractivity contribution in [1.82, 2.24) is 34.5 Å². The average Bonchev–Trinajstić information content (AvgIpc) is 3.75. The molecule has 20 heteroatoms. The number of amides is 2. The largest absolute Gasteiger partial charge is 0.364 e. The van der Waals surface area contributed by atoms with Gasteiger partial charge in [0.25, 0.3) is 0 Å². The number of carbonyl (C=O) groups excluding carboxylic acids is 2. The van der Waals surface area contributed by atoms with E-state index in [-0.39, 0.29) is 34.6 Å². The van der Waals surface area contributed by atoms with Gasteiger partial charge in [0.15, 0.2) is 0 Å². The van der Waals surface area contributed by atoms with Crippen molar-refractivity contribution in [1.29, 1.82) is 0 Å². The van der Waals surface area contributed by atoms with E-state index in [0.29, 0.717) is 104 Å². The molecule has 4 atom stereocenters. The Labute approximate surface area is 343 Å². The fourth-order valence-electron chi connectivity index (χ4n) is 8.10. The van der Waals surface area contributed by atoms with Gasteiger partial charge in [-0.05, 0) is 42.8 Å². The third kappa shape index (κ3) is 9.58. The lowest BCUT2D eigenvalue weighted by molar-refractivity contribution is -0.132. The molecule has 16 nitrogen and oxygen atoms in total. The first kappa shape index (κ1) is 41.4. The molecule has 3 aromatic rings. The summed E-state index contributed by atoms with van der Waals surface area (Å²) in [5.41, 5.74) is 2.39. The van der Waals surface area contributed by atoms with Gasteiger partial charge in [0, 0.05) is 102 Å². The minimum absolute atomic E-state index is 0.0429. The Morgan fingerprint density at radius 1 is 0.789 bits per heavy atom. The van der Waals surface area contributed by atoms with Gasteiger partial charge in [0.2, 0.25) is 33.1 Å². The van der Waals surface area contributed by atoms with Crippen LogP contribution in [0.25, 0.3) is 0 Å². The van der Waals surface area contributed by atoms with Crippen molar-refractivity contribution in [2.24, 2.45) is 0 Å². The van der Waals surface area contributed by atoms with Crippen LogP contribution >= 0.6 is 11.6 Å². The van der Waals surface area contributed by atoms with E-state index in [2.05, 4.69) is 42.4 Å². The van der Waals surface area contributed by atoms with Gasteiger partial charge in [-0.3, -0.25) is 18.0 Å². The molecular weight excluding hydrogens is 812 g/mol. The number of nitrogens with one attached hydrogen (secondary N) is 3. The Balaban J connectivity index is 0.000000208. The predicted octanol–water partition coefficient (Wildman–Crippen LogP) is 2.09. The summed E-state index contributed by atoms with van der Waals surface area (Å²) in [4.78, 5) is 48.3. The number of anilines is 3. The first-order valence-electron chi connectivity index (χ1n) is 19.2. The number of likely N-dealkylation sites (tertiary alicyclic amines) is 2. The molecule has 5 aliphatic heterocycles. The molecule has 2 unspecified atom stereocenters. The number of aromatic nitrogens is 4. The van der Waals surface area contributed by atoms with Crippen molar-refractivity contribution in [3.8, 4) is 0 Å². The van der Waals surface area contributed by atoms with Crippen molar-refractivity contribution < 1.29 is 26.4 Å². The minimum atomic E-state index is -3.32. The number of benzene rings is 1. The number of piperidine rings is 3. The minimum Gasteiger partial charge on any atom is -0.364 e. The Morgan fingerprint density at radius 2 is 1.32 bits per heavy atom. The number of likely N-dealkylation sites (N-methyl/N-ethyl adjacent to an activating group) is 2. The number of rotatable bonds is 9. The summed E-state index contributed by atoms with van der Waals surface area (Å²) in [6, 6.07) is 10.2. The molecule has 57 heavy (non-hydrogen) atoms. The molecule has 1 aromatic carbocycles. The van der Waals surface area contributed by atoms with E-state index in [1.165, 1.54) is 6.26 Å². The van der Waals surface area contributed by atoms with Gasteiger partial charge in [0.1, 0.15) is 21.4 Å². The molecule has 0 spiro atoms. The van der Waals surface area contributed by atoms with Crippen LogP contribution in [0.3, 0.4) is 0 Å².